The fourth-order valence-electron chi connectivity index (χ4n) is 2.13. The molecule has 2 N–H and O–H groups in total. The van der Waals surface area contributed by atoms with Gasteiger partial charge in [-0.1, -0.05) is 6.92 Å². The molecule has 2 rings (SSSR count). The molecule has 0 saturated carbocycles. The van der Waals surface area contributed by atoms with Crippen LogP contribution in [0.15, 0.2) is 10.8 Å². The van der Waals surface area contributed by atoms with Crippen LogP contribution in [-0.2, 0) is 4.74 Å². The molecule has 1 aromatic heterocycles. The molecule has 0 bridgehead atoms. The molecule has 2 atom stereocenters. The maximum Gasteiger partial charge on any atom is 0.145 e. The lowest BCUT2D eigenvalue weighted by Crippen LogP contribution is -2.21. The Bertz CT molecular complexity index is 416. The molecule has 1 aliphatic rings. The maximum absolute atomic E-state index is 5.56. The summed E-state index contributed by atoms with van der Waals surface area (Å²) in [5, 5.41) is 6.66. The molecule has 1 fully saturated rings. The van der Waals surface area contributed by atoms with E-state index in [9.17, 15) is 0 Å². The molecule has 0 aromatic carbocycles. The molecule has 1 aromatic rings. The van der Waals surface area contributed by atoms with Crippen LogP contribution in [0, 0.1) is 5.92 Å². The molecule has 0 spiro atoms. The summed E-state index contributed by atoms with van der Waals surface area (Å²) in [5.74, 6) is 2.23. The van der Waals surface area contributed by atoms with Crippen LogP contribution in [0.2, 0.25) is 0 Å². The molecule has 0 radical (unpaired) electrons. The maximum atomic E-state index is 5.56. The zero-order valence-electron chi connectivity index (χ0n) is 11.4. The summed E-state index contributed by atoms with van der Waals surface area (Å²) in [7, 11) is 0. The van der Waals surface area contributed by atoms with Gasteiger partial charge in [-0.05, 0) is 35.7 Å². The summed E-state index contributed by atoms with van der Waals surface area (Å²) in [6.45, 7) is 6.90. The summed E-state index contributed by atoms with van der Waals surface area (Å²) in [6.07, 6.45) is 4.08. The monoisotopic (exact) mass is 328 g/mol. The number of hydrogen-bond acceptors (Lipinski definition) is 5. The van der Waals surface area contributed by atoms with Crippen molar-refractivity contribution < 1.29 is 4.74 Å². The number of rotatable bonds is 6. The van der Waals surface area contributed by atoms with E-state index < -0.39 is 0 Å². The van der Waals surface area contributed by atoms with Gasteiger partial charge in [-0.3, -0.25) is 0 Å². The fourth-order valence-corrected chi connectivity index (χ4v) is 2.62. The van der Waals surface area contributed by atoms with Gasteiger partial charge in [0.2, 0.25) is 0 Å². The number of hydrogen-bond donors (Lipinski definition) is 2. The van der Waals surface area contributed by atoms with Crippen LogP contribution in [0.4, 0.5) is 11.6 Å². The van der Waals surface area contributed by atoms with Gasteiger partial charge in [0, 0.05) is 25.6 Å². The second-order valence-corrected chi connectivity index (χ2v) is 5.61. The molecule has 1 saturated heterocycles. The second-order valence-electron chi connectivity index (χ2n) is 4.82. The lowest BCUT2D eigenvalue weighted by molar-refractivity contribution is 0.108. The quantitative estimate of drug-likeness (QED) is 0.840. The van der Waals surface area contributed by atoms with E-state index in [1.807, 2.05) is 0 Å². The van der Waals surface area contributed by atoms with Crippen LogP contribution in [0.1, 0.15) is 26.7 Å². The minimum atomic E-state index is 0.325. The summed E-state index contributed by atoms with van der Waals surface area (Å²) < 4.78 is 6.46. The van der Waals surface area contributed by atoms with E-state index in [2.05, 4.69) is 50.4 Å². The highest BCUT2D eigenvalue weighted by molar-refractivity contribution is 9.10. The largest absolute Gasteiger partial charge is 0.378 e. The van der Waals surface area contributed by atoms with Crippen molar-refractivity contribution in [2.24, 2.45) is 5.92 Å². The number of ether oxygens (including phenoxy) is 1. The van der Waals surface area contributed by atoms with Crippen molar-refractivity contribution in [3.05, 3.63) is 10.8 Å². The number of anilines is 2. The van der Waals surface area contributed by atoms with E-state index in [4.69, 9.17) is 4.74 Å². The van der Waals surface area contributed by atoms with E-state index >= 15 is 0 Å². The van der Waals surface area contributed by atoms with Gasteiger partial charge in [0.1, 0.15) is 22.4 Å². The molecule has 2 heterocycles. The average Bonchev–Trinajstić information content (AvgIpc) is 2.82. The fraction of sp³-hybridized carbons (Fsp3) is 0.692. The van der Waals surface area contributed by atoms with Crippen molar-refractivity contribution in [1.82, 2.24) is 9.97 Å². The average molecular weight is 329 g/mol. The summed E-state index contributed by atoms with van der Waals surface area (Å²) in [6, 6.07) is 0. The molecule has 0 amide bonds. The van der Waals surface area contributed by atoms with Crippen molar-refractivity contribution in [2.45, 2.75) is 32.8 Å². The van der Waals surface area contributed by atoms with Gasteiger partial charge in [-0.15, -0.1) is 0 Å². The number of halogens is 1. The molecular weight excluding hydrogens is 308 g/mol. The van der Waals surface area contributed by atoms with Gasteiger partial charge in [0.25, 0.3) is 0 Å². The molecule has 6 heteroatoms. The van der Waals surface area contributed by atoms with Crippen molar-refractivity contribution in [3.8, 4) is 0 Å². The lowest BCUT2D eigenvalue weighted by Gasteiger charge is -2.16. The normalized spacial score (nSPS) is 22.5. The van der Waals surface area contributed by atoms with Gasteiger partial charge in [-0.2, -0.15) is 0 Å². The summed E-state index contributed by atoms with van der Waals surface area (Å²) in [5.41, 5.74) is 0. The van der Waals surface area contributed by atoms with Crippen molar-refractivity contribution >= 4 is 27.6 Å². The topological polar surface area (TPSA) is 59.1 Å². The Morgan fingerprint density at radius 1 is 1.37 bits per heavy atom. The molecule has 2 unspecified atom stereocenters. The number of nitrogens with one attached hydrogen (secondary N) is 2. The van der Waals surface area contributed by atoms with Gasteiger partial charge < -0.3 is 15.4 Å². The first-order chi connectivity index (χ1) is 9.22. The highest BCUT2D eigenvalue weighted by atomic mass is 79.9. The Labute approximate surface area is 122 Å². The van der Waals surface area contributed by atoms with Gasteiger partial charge in [0.15, 0.2) is 0 Å². The Hall–Kier alpha value is -0.880. The SMILES string of the molecule is CCCNc1ncnc(NCC2CCOC2C)c1Br. The Morgan fingerprint density at radius 2 is 2.11 bits per heavy atom. The summed E-state index contributed by atoms with van der Waals surface area (Å²) in [4.78, 5) is 8.52. The highest BCUT2D eigenvalue weighted by Gasteiger charge is 2.24. The molecule has 106 valence electrons. The third-order valence-electron chi connectivity index (χ3n) is 3.40. The van der Waals surface area contributed by atoms with Crippen LogP contribution in [0.25, 0.3) is 0 Å². The number of aromatic nitrogens is 2. The lowest BCUT2D eigenvalue weighted by atomic mass is 10.0. The van der Waals surface area contributed by atoms with Crippen LogP contribution >= 0.6 is 15.9 Å². The minimum absolute atomic E-state index is 0.325. The van der Waals surface area contributed by atoms with Crippen molar-refractivity contribution in [1.29, 1.82) is 0 Å². The van der Waals surface area contributed by atoms with E-state index in [0.29, 0.717) is 12.0 Å². The van der Waals surface area contributed by atoms with Crippen LogP contribution < -0.4 is 10.6 Å². The number of nitrogens with zero attached hydrogens (tertiary/aromatic N) is 2. The first kappa shape index (κ1) is 14.5. The Morgan fingerprint density at radius 3 is 2.74 bits per heavy atom. The van der Waals surface area contributed by atoms with E-state index in [1.54, 1.807) is 6.33 Å². The smallest absolute Gasteiger partial charge is 0.145 e. The zero-order valence-corrected chi connectivity index (χ0v) is 13.0. The van der Waals surface area contributed by atoms with E-state index in [1.165, 1.54) is 0 Å². The van der Waals surface area contributed by atoms with Gasteiger partial charge in [-0.25, -0.2) is 9.97 Å². The predicted octanol–water partition coefficient (Wildman–Crippen LogP) is 2.90. The van der Waals surface area contributed by atoms with Crippen molar-refractivity contribution in [2.75, 3.05) is 30.3 Å². The Balaban J connectivity index is 1.96. The summed E-state index contributed by atoms with van der Waals surface area (Å²) >= 11 is 3.55. The minimum Gasteiger partial charge on any atom is -0.378 e. The third kappa shape index (κ3) is 3.79. The molecule has 0 aliphatic carbocycles. The molecule has 19 heavy (non-hydrogen) atoms. The van der Waals surface area contributed by atoms with Crippen molar-refractivity contribution in [3.63, 3.8) is 0 Å². The third-order valence-corrected chi connectivity index (χ3v) is 4.15. The molecular formula is C13H21BrN4O. The van der Waals surface area contributed by atoms with E-state index in [0.717, 1.165) is 48.6 Å². The first-order valence-electron chi connectivity index (χ1n) is 6.82. The zero-order chi connectivity index (χ0) is 13.7. The van der Waals surface area contributed by atoms with Gasteiger partial charge >= 0.3 is 0 Å². The molecule has 1 aliphatic heterocycles. The predicted molar refractivity (Wildman–Crippen MR) is 80.5 cm³/mol. The highest BCUT2D eigenvalue weighted by Crippen LogP contribution is 2.28. The van der Waals surface area contributed by atoms with Gasteiger partial charge in [0.05, 0.1) is 6.10 Å². The molecule has 5 nitrogen and oxygen atoms in total. The second kappa shape index (κ2) is 7.05. The van der Waals surface area contributed by atoms with E-state index in [-0.39, 0.29) is 0 Å². The van der Waals surface area contributed by atoms with Crippen LogP contribution in [0.5, 0.6) is 0 Å². The van der Waals surface area contributed by atoms with Crippen LogP contribution in [0.3, 0.4) is 0 Å². The first-order valence-corrected chi connectivity index (χ1v) is 7.61. The Kier molecular flexibility index (Phi) is 5.39. The van der Waals surface area contributed by atoms with Crippen LogP contribution in [-0.4, -0.2) is 35.8 Å². The standard InChI is InChI=1S/C13H21BrN4O/c1-3-5-15-12-11(14)13(18-8-17-12)16-7-10-4-6-19-9(10)2/h8-10H,3-7H2,1-2H3,(H2,15,16,17,18).